The Balaban J connectivity index is 1.20. The van der Waals surface area contributed by atoms with Crippen LogP contribution in [0.5, 0.6) is 0 Å². The molecule has 1 amide bonds. The second kappa shape index (κ2) is 9.52. The molecule has 8 heteroatoms. The van der Waals surface area contributed by atoms with Gasteiger partial charge in [-0.25, -0.2) is 4.68 Å². The monoisotopic (exact) mass is 400 g/mol. The van der Waals surface area contributed by atoms with E-state index in [0.717, 1.165) is 57.1 Å². The summed E-state index contributed by atoms with van der Waals surface area (Å²) in [6, 6.07) is 11.0. The molecule has 1 saturated carbocycles. The first-order chi connectivity index (χ1) is 13.8. The third-order valence-electron chi connectivity index (χ3n) is 5.74. The standard InChI is InChI=1S/C20H28N6OS/c27-19(16-28-20-21-22-23-26(20)18-8-4-5-9-18)25-14-12-24(13-15-25)11-10-17-6-2-1-3-7-17/h1-3,6-7,18H,4-5,8-16H2. The molecule has 2 aromatic rings. The lowest BCUT2D eigenvalue weighted by Gasteiger charge is -2.34. The Morgan fingerprint density at radius 2 is 1.82 bits per heavy atom. The SMILES string of the molecule is O=C(CSc1nnnn1C1CCCC1)N1CCN(CCc2ccccc2)CC1. The molecule has 0 spiro atoms. The van der Waals surface area contributed by atoms with Crippen LogP contribution < -0.4 is 0 Å². The van der Waals surface area contributed by atoms with E-state index in [1.807, 2.05) is 9.58 Å². The van der Waals surface area contributed by atoms with Crippen LogP contribution in [-0.4, -0.2) is 74.4 Å². The number of piperazine rings is 1. The van der Waals surface area contributed by atoms with Gasteiger partial charge in [0.2, 0.25) is 11.1 Å². The van der Waals surface area contributed by atoms with Crippen LogP contribution in [0.25, 0.3) is 0 Å². The lowest BCUT2D eigenvalue weighted by atomic mass is 10.1. The minimum absolute atomic E-state index is 0.189. The van der Waals surface area contributed by atoms with Crippen LogP contribution in [0.2, 0.25) is 0 Å². The van der Waals surface area contributed by atoms with Crippen molar-refractivity contribution < 1.29 is 4.79 Å². The van der Waals surface area contributed by atoms with Gasteiger partial charge >= 0.3 is 0 Å². The maximum Gasteiger partial charge on any atom is 0.233 e. The predicted octanol–water partition coefficient (Wildman–Crippen LogP) is 2.27. The first kappa shape index (κ1) is 19.4. The summed E-state index contributed by atoms with van der Waals surface area (Å²) in [6.07, 6.45) is 5.81. The molecule has 2 heterocycles. The number of nitrogens with zero attached hydrogens (tertiary/aromatic N) is 6. The summed E-state index contributed by atoms with van der Waals surface area (Å²) in [4.78, 5) is 17.1. The molecule has 1 aromatic carbocycles. The molecule has 0 atom stereocenters. The quantitative estimate of drug-likeness (QED) is 0.664. The van der Waals surface area contributed by atoms with Gasteiger partial charge in [-0.3, -0.25) is 9.69 Å². The molecule has 1 aliphatic heterocycles. The summed E-state index contributed by atoms with van der Waals surface area (Å²) in [6.45, 7) is 4.56. The van der Waals surface area contributed by atoms with Crippen molar-refractivity contribution in [3.63, 3.8) is 0 Å². The highest BCUT2D eigenvalue weighted by molar-refractivity contribution is 7.99. The average molecular weight is 401 g/mol. The van der Waals surface area contributed by atoms with E-state index in [-0.39, 0.29) is 5.91 Å². The normalized spacial score (nSPS) is 18.6. The van der Waals surface area contributed by atoms with E-state index >= 15 is 0 Å². The summed E-state index contributed by atoms with van der Waals surface area (Å²) in [7, 11) is 0. The summed E-state index contributed by atoms with van der Waals surface area (Å²) >= 11 is 1.47. The van der Waals surface area contributed by atoms with E-state index in [0.29, 0.717) is 11.8 Å². The molecule has 7 nitrogen and oxygen atoms in total. The first-order valence-corrected chi connectivity index (χ1v) is 11.2. The molecule has 2 fully saturated rings. The molecule has 2 aliphatic rings. The highest BCUT2D eigenvalue weighted by Crippen LogP contribution is 2.31. The number of hydrogen-bond donors (Lipinski definition) is 0. The van der Waals surface area contributed by atoms with Crippen molar-refractivity contribution >= 4 is 17.7 Å². The number of rotatable bonds is 7. The largest absolute Gasteiger partial charge is 0.339 e. The summed E-state index contributed by atoms with van der Waals surface area (Å²) in [5.41, 5.74) is 1.37. The molecule has 4 rings (SSSR count). The number of amides is 1. The molecule has 1 aromatic heterocycles. The maximum absolute atomic E-state index is 12.6. The van der Waals surface area contributed by atoms with Crippen molar-refractivity contribution in [2.75, 3.05) is 38.5 Å². The van der Waals surface area contributed by atoms with Gasteiger partial charge in [0.1, 0.15) is 0 Å². The number of carbonyl (C=O) groups is 1. The van der Waals surface area contributed by atoms with Gasteiger partial charge in [-0.2, -0.15) is 0 Å². The average Bonchev–Trinajstić information content (AvgIpc) is 3.43. The number of thioether (sulfide) groups is 1. The maximum atomic E-state index is 12.6. The van der Waals surface area contributed by atoms with Gasteiger partial charge in [-0.1, -0.05) is 54.9 Å². The summed E-state index contributed by atoms with van der Waals surface area (Å²) in [5.74, 6) is 0.602. The number of benzene rings is 1. The van der Waals surface area contributed by atoms with Gasteiger partial charge in [0.15, 0.2) is 0 Å². The van der Waals surface area contributed by atoms with Gasteiger partial charge in [0.05, 0.1) is 11.8 Å². The fraction of sp³-hybridized carbons (Fsp3) is 0.600. The van der Waals surface area contributed by atoms with Crippen molar-refractivity contribution in [1.29, 1.82) is 0 Å². The van der Waals surface area contributed by atoms with Gasteiger partial charge in [-0.05, 0) is 35.3 Å². The molecule has 0 N–H and O–H groups in total. The van der Waals surface area contributed by atoms with Crippen LogP contribution in [0.1, 0.15) is 37.3 Å². The van der Waals surface area contributed by atoms with Crippen molar-refractivity contribution in [3.05, 3.63) is 35.9 Å². The van der Waals surface area contributed by atoms with Crippen LogP contribution in [0, 0.1) is 0 Å². The van der Waals surface area contributed by atoms with Gasteiger partial charge in [-0.15, -0.1) is 5.10 Å². The Morgan fingerprint density at radius 1 is 1.07 bits per heavy atom. The van der Waals surface area contributed by atoms with Crippen molar-refractivity contribution in [1.82, 2.24) is 30.0 Å². The molecule has 1 aliphatic carbocycles. The molecule has 0 radical (unpaired) electrons. The number of hydrogen-bond acceptors (Lipinski definition) is 6. The van der Waals surface area contributed by atoms with E-state index in [1.54, 1.807) is 0 Å². The molecular formula is C20H28N6OS. The van der Waals surface area contributed by atoms with Gasteiger partial charge in [0, 0.05) is 32.7 Å². The van der Waals surface area contributed by atoms with Crippen molar-refractivity contribution in [3.8, 4) is 0 Å². The highest BCUT2D eigenvalue weighted by Gasteiger charge is 2.24. The molecule has 28 heavy (non-hydrogen) atoms. The highest BCUT2D eigenvalue weighted by atomic mass is 32.2. The smallest absolute Gasteiger partial charge is 0.233 e. The summed E-state index contributed by atoms with van der Waals surface area (Å²) < 4.78 is 1.92. The zero-order valence-corrected chi connectivity index (χ0v) is 17.1. The van der Waals surface area contributed by atoms with Crippen LogP contribution in [0.3, 0.4) is 0 Å². The van der Waals surface area contributed by atoms with Crippen LogP contribution >= 0.6 is 11.8 Å². The molecule has 150 valence electrons. The second-order valence-electron chi connectivity index (χ2n) is 7.59. The van der Waals surface area contributed by atoms with E-state index < -0.39 is 0 Å². The van der Waals surface area contributed by atoms with Crippen LogP contribution in [0.15, 0.2) is 35.5 Å². The Morgan fingerprint density at radius 3 is 2.57 bits per heavy atom. The zero-order chi connectivity index (χ0) is 19.2. The lowest BCUT2D eigenvalue weighted by molar-refractivity contribution is -0.130. The topological polar surface area (TPSA) is 67.2 Å². The third kappa shape index (κ3) is 4.91. The Bertz CT molecular complexity index is 753. The Hall–Kier alpha value is -1.93. The van der Waals surface area contributed by atoms with Crippen molar-refractivity contribution in [2.24, 2.45) is 0 Å². The Kier molecular flexibility index (Phi) is 6.59. The number of aromatic nitrogens is 4. The van der Waals surface area contributed by atoms with E-state index in [4.69, 9.17) is 0 Å². The Labute approximate surface area is 170 Å². The van der Waals surface area contributed by atoms with E-state index in [9.17, 15) is 4.79 Å². The molecular weight excluding hydrogens is 372 g/mol. The first-order valence-electron chi connectivity index (χ1n) is 10.2. The second-order valence-corrected chi connectivity index (χ2v) is 8.53. The fourth-order valence-corrected chi connectivity index (χ4v) is 4.88. The fourth-order valence-electron chi connectivity index (χ4n) is 4.03. The van der Waals surface area contributed by atoms with Crippen molar-refractivity contribution in [2.45, 2.75) is 43.3 Å². The minimum Gasteiger partial charge on any atom is -0.339 e. The number of carbonyl (C=O) groups excluding carboxylic acids is 1. The molecule has 1 saturated heterocycles. The minimum atomic E-state index is 0.189. The van der Waals surface area contributed by atoms with Gasteiger partial charge in [0.25, 0.3) is 0 Å². The lowest BCUT2D eigenvalue weighted by Crippen LogP contribution is -2.49. The predicted molar refractivity (Wildman–Crippen MR) is 109 cm³/mol. The zero-order valence-electron chi connectivity index (χ0n) is 16.2. The third-order valence-corrected chi connectivity index (χ3v) is 6.66. The molecule has 0 bridgehead atoms. The van der Waals surface area contributed by atoms with Crippen LogP contribution in [0.4, 0.5) is 0 Å². The van der Waals surface area contributed by atoms with E-state index in [2.05, 4.69) is 50.8 Å². The summed E-state index contributed by atoms with van der Waals surface area (Å²) in [5, 5.41) is 12.9. The van der Waals surface area contributed by atoms with E-state index in [1.165, 1.54) is 30.2 Å². The van der Waals surface area contributed by atoms with Gasteiger partial charge < -0.3 is 4.90 Å². The molecule has 0 unspecified atom stereocenters. The van der Waals surface area contributed by atoms with Crippen LogP contribution in [-0.2, 0) is 11.2 Å². The number of tetrazole rings is 1.